The summed E-state index contributed by atoms with van der Waals surface area (Å²) in [6, 6.07) is 16.5. The lowest BCUT2D eigenvalue weighted by molar-refractivity contribution is 0.508. The zero-order chi connectivity index (χ0) is 20.7. The van der Waals surface area contributed by atoms with Crippen molar-refractivity contribution in [2.75, 3.05) is 20.1 Å². The molecule has 0 aliphatic carbocycles. The molecule has 5 nitrogen and oxygen atoms in total. The summed E-state index contributed by atoms with van der Waals surface area (Å²) in [6.07, 6.45) is 2.32. The Labute approximate surface area is 194 Å². The zero-order valence-electron chi connectivity index (χ0n) is 17.5. The van der Waals surface area contributed by atoms with Gasteiger partial charge < -0.3 is 15.1 Å². The van der Waals surface area contributed by atoms with Gasteiger partial charge in [0.2, 0.25) is 5.89 Å². The van der Waals surface area contributed by atoms with E-state index in [0.717, 1.165) is 23.8 Å². The Morgan fingerprint density at radius 2 is 1.77 bits per heavy atom. The molecule has 3 rings (SSSR count). The van der Waals surface area contributed by atoms with Gasteiger partial charge in [0.25, 0.3) is 0 Å². The van der Waals surface area contributed by atoms with Crippen LogP contribution in [0.2, 0.25) is 0 Å². The molecule has 0 atom stereocenters. The predicted octanol–water partition coefficient (Wildman–Crippen LogP) is 4.78. The van der Waals surface area contributed by atoms with Gasteiger partial charge >= 0.3 is 0 Å². The lowest BCUT2D eigenvalue weighted by atomic mass is 9.85. The largest absolute Gasteiger partial charge is 0.444 e. The third-order valence-electron chi connectivity index (χ3n) is 4.79. The molecule has 0 aliphatic heterocycles. The minimum Gasteiger partial charge on any atom is -0.444 e. The quantitative estimate of drug-likeness (QED) is 0.266. The smallest absolute Gasteiger partial charge is 0.226 e. The van der Waals surface area contributed by atoms with Crippen LogP contribution in [0.15, 0.2) is 70.3 Å². The second kappa shape index (κ2) is 11.1. The third-order valence-corrected chi connectivity index (χ3v) is 4.79. The Balaban J connectivity index is 0.00000320. The van der Waals surface area contributed by atoms with Crippen molar-refractivity contribution in [2.45, 2.75) is 25.7 Å². The minimum atomic E-state index is -0.279. The maximum Gasteiger partial charge on any atom is 0.226 e. The number of hydrogen-bond donors (Lipinski definition) is 2. The maximum atomic E-state index is 13.0. The van der Waals surface area contributed by atoms with Gasteiger partial charge in [0.15, 0.2) is 5.96 Å². The summed E-state index contributed by atoms with van der Waals surface area (Å²) in [7, 11) is 1.76. The van der Waals surface area contributed by atoms with E-state index >= 15 is 0 Å². The van der Waals surface area contributed by atoms with E-state index < -0.39 is 0 Å². The Kier molecular flexibility index (Phi) is 8.83. The Morgan fingerprint density at radius 3 is 2.43 bits per heavy atom. The normalized spacial score (nSPS) is 11.7. The van der Waals surface area contributed by atoms with Gasteiger partial charge in [-0.1, -0.05) is 44.2 Å². The highest BCUT2D eigenvalue weighted by Gasteiger charge is 2.20. The van der Waals surface area contributed by atoms with Gasteiger partial charge in [0.1, 0.15) is 12.1 Å². The lowest BCUT2D eigenvalue weighted by Crippen LogP contribution is -2.44. The van der Waals surface area contributed by atoms with E-state index in [2.05, 4.69) is 58.7 Å². The number of nitrogens with one attached hydrogen (secondary N) is 2. The fourth-order valence-electron chi connectivity index (χ4n) is 2.97. The van der Waals surface area contributed by atoms with Gasteiger partial charge in [-0.3, -0.25) is 4.99 Å². The van der Waals surface area contributed by atoms with Crippen molar-refractivity contribution in [1.29, 1.82) is 0 Å². The van der Waals surface area contributed by atoms with Crippen molar-refractivity contribution in [3.05, 3.63) is 77.9 Å². The first-order valence-electron chi connectivity index (χ1n) is 9.68. The molecular formula is C23H28FIN4O. The van der Waals surface area contributed by atoms with E-state index in [9.17, 15) is 4.39 Å². The highest BCUT2D eigenvalue weighted by atomic mass is 127. The topological polar surface area (TPSA) is 62.5 Å². The van der Waals surface area contributed by atoms with Crippen LogP contribution in [0, 0.1) is 5.82 Å². The maximum absolute atomic E-state index is 13.0. The Bertz CT molecular complexity index is 939. The van der Waals surface area contributed by atoms with Gasteiger partial charge in [-0.05, 0) is 29.8 Å². The number of aromatic nitrogens is 1. The van der Waals surface area contributed by atoms with Gasteiger partial charge in [-0.15, -0.1) is 24.0 Å². The van der Waals surface area contributed by atoms with Crippen LogP contribution in [0.3, 0.4) is 0 Å². The molecule has 7 heteroatoms. The molecule has 2 N–H and O–H groups in total. The standard InChI is InChI=1S/C23H27FN4O.HI/c1-23(2,18-7-5-4-6-8-18)16-27-22(25-3)26-14-13-20-15-29-21(28-20)17-9-11-19(24)12-10-17;/h4-12,15H,13-14,16H2,1-3H3,(H2,25,26,27);1H. The van der Waals surface area contributed by atoms with Crippen LogP contribution in [0.25, 0.3) is 11.5 Å². The predicted molar refractivity (Wildman–Crippen MR) is 130 cm³/mol. The van der Waals surface area contributed by atoms with Gasteiger partial charge in [0, 0.05) is 37.5 Å². The van der Waals surface area contributed by atoms with Crippen LogP contribution in [-0.4, -0.2) is 31.1 Å². The number of guanidine groups is 1. The highest BCUT2D eigenvalue weighted by Crippen LogP contribution is 2.21. The second-order valence-corrected chi connectivity index (χ2v) is 7.50. The average Bonchev–Trinajstić information content (AvgIpc) is 3.20. The molecule has 30 heavy (non-hydrogen) atoms. The van der Waals surface area contributed by atoms with Crippen molar-refractivity contribution in [3.8, 4) is 11.5 Å². The second-order valence-electron chi connectivity index (χ2n) is 7.50. The van der Waals surface area contributed by atoms with Crippen LogP contribution < -0.4 is 10.6 Å². The average molecular weight is 522 g/mol. The summed E-state index contributed by atoms with van der Waals surface area (Å²) in [5.41, 5.74) is 2.84. The summed E-state index contributed by atoms with van der Waals surface area (Å²) >= 11 is 0. The third kappa shape index (κ3) is 6.55. The molecule has 160 valence electrons. The van der Waals surface area contributed by atoms with E-state index in [-0.39, 0.29) is 35.2 Å². The van der Waals surface area contributed by atoms with Crippen molar-refractivity contribution >= 4 is 29.9 Å². The first-order chi connectivity index (χ1) is 14.0. The Morgan fingerprint density at radius 1 is 1.07 bits per heavy atom. The molecule has 3 aromatic rings. The summed E-state index contributed by atoms with van der Waals surface area (Å²) in [5, 5.41) is 6.70. The molecule has 0 fully saturated rings. The summed E-state index contributed by atoms with van der Waals surface area (Å²) in [6.45, 7) is 5.83. The SMILES string of the molecule is CN=C(NCCc1coc(-c2ccc(F)cc2)n1)NCC(C)(C)c1ccccc1.I. The van der Waals surface area contributed by atoms with Gasteiger partial charge in [-0.2, -0.15) is 0 Å². The molecular weight excluding hydrogens is 494 g/mol. The molecule has 0 bridgehead atoms. The van der Waals surface area contributed by atoms with Crippen molar-refractivity contribution < 1.29 is 8.81 Å². The first-order valence-corrected chi connectivity index (χ1v) is 9.68. The van der Waals surface area contributed by atoms with Crippen molar-refractivity contribution in [1.82, 2.24) is 15.6 Å². The fourth-order valence-corrected chi connectivity index (χ4v) is 2.97. The number of benzene rings is 2. The molecule has 1 heterocycles. The van der Waals surface area contributed by atoms with E-state index in [1.807, 2.05) is 6.07 Å². The van der Waals surface area contributed by atoms with Crippen molar-refractivity contribution in [3.63, 3.8) is 0 Å². The first kappa shape index (κ1) is 23.9. The highest BCUT2D eigenvalue weighted by molar-refractivity contribution is 14.0. The van der Waals surface area contributed by atoms with Crippen LogP contribution in [-0.2, 0) is 11.8 Å². The van der Waals surface area contributed by atoms with E-state index in [0.29, 0.717) is 18.9 Å². The van der Waals surface area contributed by atoms with Crippen LogP contribution in [0.1, 0.15) is 25.1 Å². The Hall–Kier alpha value is -2.42. The van der Waals surface area contributed by atoms with E-state index in [1.54, 1.807) is 25.4 Å². The van der Waals surface area contributed by atoms with Gasteiger partial charge in [-0.25, -0.2) is 9.37 Å². The molecule has 1 aromatic heterocycles. The molecule has 0 unspecified atom stereocenters. The molecule has 0 radical (unpaired) electrons. The number of hydrogen-bond acceptors (Lipinski definition) is 3. The van der Waals surface area contributed by atoms with Crippen molar-refractivity contribution in [2.24, 2.45) is 4.99 Å². The van der Waals surface area contributed by atoms with Gasteiger partial charge in [0.05, 0.1) is 5.69 Å². The molecule has 0 saturated carbocycles. The minimum absolute atomic E-state index is 0. The lowest BCUT2D eigenvalue weighted by Gasteiger charge is -2.26. The molecule has 0 saturated heterocycles. The van der Waals surface area contributed by atoms with Crippen LogP contribution in [0.4, 0.5) is 4.39 Å². The number of oxazole rings is 1. The molecule has 0 spiro atoms. The molecule has 2 aromatic carbocycles. The van der Waals surface area contributed by atoms with E-state index in [4.69, 9.17) is 4.42 Å². The number of nitrogens with zero attached hydrogens (tertiary/aromatic N) is 2. The van der Waals surface area contributed by atoms with E-state index in [1.165, 1.54) is 17.7 Å². The zero-order valence-corrected chi connectivity index (χ0v) is 19.8. The number of halogens is 2. The van der Waals surface area contributed by atoms with Crippen LogP contribution in [0.5, 0.6) is 0 Å². The monoisotopic (exact) mass is 522 g/mol. The summed E-state index contributed by atoms with van der Waals surface area (Å²) in [5.74, 6) is 0.961. The summed E-state index contributed by atoms with van der Waals surface area (Å²) < 4.78 is 18.5. The fraction of sp³-hybridized carbons (Fsp3) is 0.304. The summed E-state index contributed by atoms with van der Waals surface area (Å²) in [4.78, 5) is 8.76. The molecule has 0 aliphatic rings. The van der Waals surface area contributed by atoms with Crippen LogP contribution >= 0.6 is 24.0 Å². The molecule has 0 amide bonds. The number of aliphatic imine (C=N–C) groups is 1. The number of rotatable bonds is 7.